The number of hydrogen-bond acceptors (Lipinski definition) is 7. The third kappa shape index (κ3) is 22.9. The monoisotopic (exact) mass is 298 g/mol. The first-order chi connectivity index (χ1) is 3.71. The van der Waals surface area contributed by atoms with Gasteiger partial charge in [0.05, 0.1) is 0 Å². The first-order valence-electron chi connectivity index (χ1n) is 1.33. The Morgan fingerprint density at radius 3 is 1.00 bits per heavy atom. The van der Waals surface area contributed by atoms with E-state index in [1.807, 2.05) is 0 Å². The number of halogens is 1. The van der Waals surface area contributed by atoms with Crippen LogP contribution in [0.15, 0.2) is 0 Å². The predicted octanol–water partition coefficient (Wildman–Crippen LogP) is -8.50. The zero-order chi connectivity index (χ0) is 7.71. The zero-order valence-corrected chi connectivity index (χ0v) is 13.4. The molecule has 0 aromatic heterocycles. The maximum atomic E-state index is 9.38. The van der Waals surface area contributed by atoms with E-state index in [1.54, 1.807) is 0 Å². The maximum absolute atomic E-state index is 9.38. The fourth-order valence-corrected chi connectivity index (χ4v) is 1.74. The van der Waals surface area contributed by atoms with Gasteiger partial charge >= 0.3 is 113 Å². The molecular weight excluding hydrogens is 297 g/mol. The standard InChI is InChI=1S/ClH.2Cr.2Na.7O/h1H;;;;;;;;;;;/q;;;2*+1;;;;;;2*-1. The molecule has 12 heavy (non-hydrogen) atoms. The molecular formula is HClCr2Na2O7. The van der Waals surface area contributed by atoms with E-state index in [1.165, 1.54) is 0 Å². The summed E-state index contributed by atoms with van der Waals surface area (Å²) in [7, 11) is 0. The van der Waals surface area contributed by atoms with Gasteiger partial charge in [-0.05, 0) is 0 Å². The van der Waals surface area contributed by atoms with Gasteiger partial charge in [-0.2, -0.15) is 0 Å². The van der Waals surface area contributed by atoms with Crippen LogP contribution in [0, 0.1) is 0 Å². The Labute approximate surface area is 123 Å². The second-order valence-electron chi connectivity index (χ2n) is 0.885. The Morgan fingerprint density at radius 1 is 0.833 bits per heavy atom. The van der Waals surface area contributed by atoms with E-state index >= 15 is 0 Å². The fraction of sp³-hybridized carbons (Fsp3) is 0. The zero-order valence-electron chi connectivity index (χ0n) is 6.08. The SMILES string of the molecule is Cl.[Na+].[Na+].[O]=[Cr](=[O])([O-])[O][Cr](=[O])(=[O])[O-]. The van der Waals surface area contributed by atoms with E-state index in [4.69, 9.17) is 0 Å². The van der Waals surface area contributed by atoms with Crippen LogP contribution in [-0.4, -0.2) is 0 Å². The van der Waals surface area contributed by atoms with Gasteiger partial charge < -0.3 is 0 Å². The van der Waals surface area contributed by atoms with Crippen LogP contribution >= 0.6 is 12.4 Å². The summed E-state index contributed by atoms with van der Waals surface area (Å²) in [6.45, 7) is 0. The van der Waals surface area contributed by atoms with Crippen LogP contribution in [0.2, 0.25) is 0 Å². The molecule has 7 nitrogen and oxygen atoms in total. The van der Waals surface area contributed by atoms with Crippen LogP contribution in [0.1, 0.15) is 0 Å². The average Bonchev–Trinajstić information content (AvgIpc) is 1.14. The van der Waals surface area contributed by atoms with E-state index in [2.05, 4.69) is 2.84 Å². The second-order valence-corrected chi connectivity index (χ2v) is 4.52. The third-order valence-electron chi connectivity index (χ3n) is 0.167. The average molecular weight is 298 g/mol. The topological polar surface area (TPSA) is 124 Å². The first-order valence-corrected chi connectivity index (χ1v) is 5.50. The van der Waals surface area contributed by atoms with Gasteiger partial charge in [0.2, 0.25) is 0 Å². The van der Waals surface area contributed by atoms with Crippen molar-refractivity contribution in [2.45, 2.75) is 0 Å². The fourth-order valence-electron chi connectivity index (χ4n) is 0.102. The second kappa shape index (κ2) is 8.72. The van der Waals surface area contributed by atoms with E-state index in [-0.39, 0.29) is 71.5 Å². The van der Waals surface area contributed by atoms with Crippen molar-refractivity contribution in [3.05, 3.63) is 0 Å². The number of hydrogen-bond donors (Lipinski definition) is 0. The summed E-state index contributed by atoms with van der Waals surface area (Å²) < 4.78 is 58.9. The molecule has 0 fully saturated rings. The van der Waals surface area contributed by atoms with E-state index in [0.717, 1.165) is 0 Å². The van der Waals surface area contributed by atoms with E-state index in [9.17, 15) is 23.5 Å². The van der Waals surface area contributed by atoms with Crippen LogP contribution in [0.25, 0.3) is 0 Å². The van der Waals surface area contributed by atoms with Gasteiger partial charge in [0.25, 0.3) is 0 Å². The Hall–Kier alpha value is 2.43. The molecule has 0 aliphatic heterocycles. The van der Waals surface area contributed by atoms with Gasteiger partial charge in [0.1, 0.15) is 0 Å². The molecule has 0 radical (unpaired) electrons. The molecule has 64 valence electrons. The summed E-state index contributed by atoms with van der Waals surface area (Å²) in [4.78, 5) is 0. The van der Waals surface area contributed by atoms with Crippen molar-refractivity contribution in [2.24, 2.45) is 0 Å². The summed E-state index contributed by atoms with van der Waals surface area (Å²) >= 11 is -12.1. The van der Waals surface area contributed by atoms with Crippen molar-refractivity contribution in [1.29, 1.82) is 0 Å². The number of rotatable bonds is 2. The van der Waals surface area contributed by atoms with Gasteiger partial charge in [-0.1, -0.05) is 0 Å². The van der Waals surface area contributed by atoms with Crippen molar-refractivity contribution in [3.63, 3.8) is 0 Å². The van der Waals surface area contributed by atoms with Gasteiger partial charge in [0.15, 0.2) is 0 Å². The molecule has 0 heterocycles. The molecule has 0 saturated heterocycles. The molecule has 0 spiro atoms. The summed E-state index contributed by atoms with van der Waals surface area (Å²) in [5.41, 5.74) is 0. The van der Waals surface area contributed by atoms with Crippen molar-refractivity contribution < 1.29 is 113 Å². The molecule has 0 bridgehead atoms. The molecule has 0 unspecified atom stereocenters. The quantitative estimate of drug-likeness (QED) is 0.464. The normalized spacial score (nSPS) is 10.2. The van der Waals surface area contributed by atoms with Gasteiger partial charge in [-0.3, -0.25) is 0 Å². The molecule has 0 amide bonds. The summed E-state index contributed by atoms with van der Waals surface area (Å²) in [6.07, 6.45) is 0. The minimum absolute atomic E-state index is 0. The molecule has 0 rings (SSSR count). The first kappa shape index (κ1) is 23.9. The van der Waals surface area contributed by atoms with Crippen LogP contribution in [0.5, 0.6) is 0 Å². The van der Waals surface area contributed by atoms with Gasteiger partial charge in [-0.25, -0.2) is 0 Å². The van der Waals surface area contributed by atoms with Crippen molar-refractivity contribution in [3.8, 4) is 0 Å². The van der Waals surface area contributed by atoms with Crippen LogP contribution in [0.4, 0.5) is 0 Å². The Bertz CT molecular complexity index is 245. The molecule has 0 N–H and O–H groups in total. The Kier molecular flexibility index (Phi) is 17.4. The molecule has 12 heteroatoms. The third-order valence-corrected chi connectivity index (χ3v) is 2.83. The van der Waals surface area contributed by atoms with Crippen molar-refractivity contribution >= 4 is 12.4 Å². The van der Waals surface area contributed by atoms with Gasteiger partial charge in [-0.15, -0.1) is 12.4 Å². The van der Waals surface area contributed by atoms with Crippen molar-refractivity contribution in [2.75, 3.05) is 0 Å². The Balaban J connectivity index is -0.000000107. The summed E-state index contributed by atoms with van der Waals surface area (Å²) in [5.74, 6) is 0. The molecule has 0 aromatic rings. The van der Waals surface area contributed by atoms with Crippen molar-refractivity contribution in [1.82, 2.24) is 0 Å². The molecule has 0 aliphatic carbocycles. The van der Waals surface area contributed by atoms with E-state index in [0.29, 0.717) is 0 Å². The van der Waals surface area contributed by atoms with Crippen LogP contribution < -0.4 is 67.4 Å². The molecule has 0 saturated carbocycles. The Morgan fingerprint density at radius 2 is 1.00 bits per heavy atom. The molecule has 0 atom stereocenters. The molecule has 0 aromatic carbocycles. The predicted molar refractivity (Wildman–Crippen MR) is 11.1 cm³/mol. The van der Waals surface area contributed by atoms with Gasteiger partial charge in [0, 0.05) is 0 Å². The summed E-state index contributed by atoms with van der Waals surface area (Å²) in [6, 6.07) is 0. The van der Waals surface area contributed by atoms with Crippen LogP contribution in [0.3, 0.4) is 0 Å². The van der Waals surface area contributed by atoms with E-state index < -0.39 is 27.2 Å². The minimum atomic E-state index is -6.07. The summed E-state index contributed by atoms with van der Waals surface area (Å²) in [5, 5.41) is 0. The molecule has 0 aliphatic rings. The van der Waals surface area contributed by atoms with Crippen LogP contribution in [-0.2, 0) is 45.3 Å².